The molecule has 0 bridgehead atoms. The van der Waals surface area contributed by atoms with Gasteiger partial charge in [0.05, 0.1) is 0 Å². The van der Waals surface area contributed by atoms with E-state index in [0.29, 0.717) is 12.2 Å². The van der Waals surface area contributed by atoms with Crippen molar-refractivity contribution in [3.05, 3.63) is 12.2 Å². The zero-order valence-electron chi connectivity index (χ0n) is 6.65. The molecule has 0 aromatic carbocycles. The van der Waals surface area contributed by atoms with E-state index in [-0.39, 0.29) is 30.7 Å². The summed E-state index contributed by atoms with van der Waals surface area (Å²) < 4.78 is 0. The molecule has 1 aromatic heterocycles. The molecular weight excluding hydrogens is 153 g/mol. The third-order valence-corrected chi connectivity index (χ3v) is 1.88. The van der Waals surface area contributed by atoms with Gasteiger partial charge in [0.25, 0.3) is 0 Å². The average Bonchev–Trinajstić information content (AvgIpc) is 2.60. The van der Waals surface area contributed by atoms with Crippen LogP contribution in [0.4, 0.5) is 0 Å². The number of hydrogen-bond donors (Lipinski definition) is 1. The number of aromatic amines is 1. The van der Waals surface area contributed by atoms with E-state index in [0.717, 1.165) is 0 Å². The number of rotatable bonds is 2. The fraction of sp³-hybridized carbons (Fsp3) is 0.500. The Morgan fingerprint density at radius 2 is 2.50 bits per heavy atom. The van der Waals surface area contributed by atoms with E-state index in [9.17, 15) is 9.90 Å². The van der Waals surface area contributed by atoms with Gasteiger partial charge in [-0.3, -0.25) is 5.10 Å². The molecule has 0 amide bonds. The van der Waals surface area contributed by atoms with Crippen molar-refractivity contribution in [2.24, 2.45) is 5.92 Å². The van der Waals surface area contributed by atoms with Crippen molar-refractivity contribution in [1.82, 2.24) is 15.2 Å². The predicted octanol–water partition coefficient (Wildman–Crippen LogP) is -4.34. The second kappa shape index (κ2) is 3.29. The van der Waals surface area contributed by atoms with Crippen molar-refractivity contribution >= 4 is 5.97 Å². The molecule has 12 heavy (non-hydrogen) atoms. The molecule has 1 saturated carbocycles. The summed E-state index contributed by atoms with van der Waals surface area (Å²) in [6.07, 6.45) is 2.00. The fourth-order valence-corrected chi connectivity index (χ4v) is 1.15. The minimum Gasteiger partial charge on any atom is -0.550 e. The predicted molar refractivity (Wildman–Crippen MR) is 32.2 cm³/mol. The number of carbonyl (C=O) groups is 1. The summed E-state index contributed by atoms with van der Waals surface area (Å²) in [5.41, 5.74) is 0. The molecule has 1 aromatic rings. The van der Waals surface area contributed by atoms with Crippen LogP contribution in [-0.2, 0) is 4.79 Å². The van der Waals surface area contributed by atoms with Crippen LogP contribution in [-0.4, -0.2) is 21.2 Å². The third kappa shape index (κ3) is 1.52. The molecule has 1 aliphatic rings. The van der Waals surface area contributed by atoms with Gasteiger partial charge < -0.3 is 9.90 Å². The summed E-state index contributed by atoms with van der Waals surface area (Å²) in [6, 6.07) is 0. The fourth-order valence-electron chi connectivity index (χ4n) is 1.15. The molecule has 1 aliphatic carbocycles. The minimum absolute atomic E-state index is 0. The summed E-state index contributed by atoms with van der Waals surface area (Å²) in [4.78, 5) is 14.1. The number of nitrogens with zero attached hydrogens (tertiary/aromatic N) is 2. The molecule has 6 heteroatoms. The Balaban J connectivity index is 0.000000720. The number of carboxylic acids is 1. The standard InChI is InChI=1S/C6H7N3O2.Li/c10-6(11)4-1-3(4)5-7-2-8-9-5;/h2-4H,1H2,(H,10,11)(H,7,8,9);/q;+1/p-1/t3-,4-;/m1./s1. The van der Waals surface area contributed by atoms with Crippen molar-refractivity contribution in [2.45, 2.75) is 12.3 Å². The molecule has 58 valence electrons. The quantitative estimate of drug-likeness (QED) is 0.442. The van der Waals surface area contributed by atoms with Crippen LogP contribution in [0.1, 0.15) is 18.2 Å². The van der Waals surface area contributed by atoms with Gasteiger partial charge in [0, 0.05) is 17.8 Å². The van der Waals surface area contributed by atoms with E-state index in [1.54, 1.807) is 0 Å². The first-order valence-corrected chi connectivity index (χ1v) is 3.35. The van der Waals surface area contributed by atoms with Crippen molar-refractivity contribution in [1.29, 1.82) is 0 Å². The molecule has 1 N–H and O–H groups in total. The first-order valence-electron chi connectivity index (χ1n) is 3.35. The van der Waals surface area contributed by atoms with Crippen LogP contribution in [0.5, 0.6) is 0 Å². The molecule has 1 fully saturated rings. The van der Waals surface area contributed by atoms with Gasteiger partial charge in [-0.25, -0.2) is 4.98 Å². The molecule has 0 aliphatic heterocycles. The van der Waals surface area contributed by atoms with Crippen LogP contribution in [0.2, 0.25) is 0 Å². The Morgan fingerprint density at radius 3 is 2.92 bits per heavy atom. The Morgan fingerprint density at radius 1 is 1.75 bits per heavy atom. The molecule has 0 radical (unpaired) electrons. The van der Waals surface area contributed by atoms with Gasteiger partial charge in [0.2, 0.25) is 0 Å². The zero-order valence-corrected chi connectivity index (χ0v) is 6.65. The van der Waals surface area contributed by atoms with Crippen LogP contribution in [0.15, 0.2) is 6.33 Å². The third-order valence-electron chi connectivity index (χ3n) is 1.88. The smallest absolute Gasteiger partial charge is 0.550 e. The molecule has 1 heterocycles. The van der Waals surface area contributed by atoms with Gasteiger partial charge in [-0.2, -0.15) is 5.10 Å². The van der Waals surface area contributed by atoms with Crippen molar-refractivity contribution in [2.75, 3.05) is 0 Å². The van der Waals surface area contributed by atoms with Gasteiger partial charge in [0.1, 0.15) is 12.2 Å². The Labute approximate surface area is 80.8 Å². The summed E-state index contributed by atoms with van der Waals surface area (Å²) in [5.74, 6) is -0.698. The van der Waals surface area contributed by atoms with Gasteiger partial charge in [0.15, 0.2) is 0 Å². The molecular formula is C6H6LiN3O2. The second-order valence-corrected chi connectivity index (χ2v) is 2.64. The van der Waals surface area contributed by atoms with Gasteiger partial charge in [-0.15, -0.1) is 0 Å². The summed E-state index contributed by atoms with van der Waals surface area (Å²) in [5, 5.41) is 16.6. The number of H-pyrrole nitrogens is 1. The zero-order chi connectivity index (χ0) is 7.84. The van der Waals surface area contributed by atoms with E-state index in [1.165, 1.54) is 6.33 Å². The molecule has 0 spiro atoms. The van der Waals surface area contributed by atoms with Crippen LogP contribution < -0.4 is 24.0 Å². The Hall–Kier alpha value is -0.793. The number of nitrogens with one attached hydrogen (secondary N) is 1. The molecule has 0 unspecified atom stereocenters. The summed E-state index contributed by atoms with van der Waals surface area (Å²) in [6.45, 7) is 0. The van der Waals surface area contributed by atoms with Crippen LogP contribution in [0.25, 0.3) is 0 Å². The van der Waals surface area contributed by atoms with E-state index in [2.05, 4.69) is 15.2 Å². The summed E-state index contributed by atoms with van der Waals surface area (Å²) in [7, 11) is 0. The van der Waals surface area contributed by atoms with E-state index in [1.807, 2.05) is 0 Å². The number of aliphatic carboxylic acids is 1. The van der Waals surface area contributed by atoms with E-state index < -0.39 is 5.97 Å². The van der Waals surface area contributed by atoms with Crippen LogP contribution in [0, 0.1) is 5.92 Å². The first-order chi connectivity index (χ1) is 5.29. The molecule has 2 rings (SSSR count). The molecule has 0 saturated heterocycles. The molecule has 2 atom stereocenters. The van der Waals surface area contributed by atoms with E-state index in [4.69, 9.17) is 0 Å². The van der Waals surface area contributed by atoms with Crippen molar-refractivity contribution in [3.8, 4) is 0 Å². The van der Waals surface area contributed by atoms with E-state index >= 15 is 0 Å². The molecule has 5 nitrogen and oxygen atoms in total. The second-order valence-electron chi connectivity index (χ2n) is 2.64. The minimum atomic E-state index is -0.994. The maximum absolute atomic E-state index is 10.3. The first kappa shape index (κ1) is 9.30. The van der Waals surface area contributed by atoms with Crippen molar-refractivity contribution < 1.29 is 28.8 Å². The monoisotopic (exact) mass is 159 g/mol. The maximum atomic E-state index is 10.3. The maximum Gasteiger partial charge on any atom is 1.00 e. The number of carbonyl (C=O) groups excluding carboxylic acids is 1. The normalized spacial score (nSPS) is 26.0. The number of aromatic nitrogens is 3. The largest absolute Gasteiger partial charge is 1.00 e. The Bertz CT molecular complexity index is 274. The topological polar surface area (TPSA) is 81.7 Å². The number of carboxylic acid groups (broad SMARTS) is 1. The van der Waals surface area contributed by atoms with Gasteiger partial charge in [-0.05, 0) is 6.42 Å². The number of hydrogen-bond acceptors (Lipinski definition) is 4. The van der Waals surface area contributed by atoms with Crippen molar-refractivity contribution in [3.63, 3.8) is 0 Å². The van der Waals surface area contributed by atoms with Crippen LogP contribution in [0.3, 0.4) is 0 Å². The summed E-state index contributed by atoms with van der Waals surface area (Å²) >= 11 is 0. The SMILES string of the molecule is O=C([O-])[C@@H]1C[C@H]1c1ncn[nH]1.[Li+]. The van der Waals surface area contributed by atoms with Gasteiger partial charge in [-0.1, -0.05) is 0 Å². The Kier molecular flexibility index (Phi) is 2.55. The van der Waals surface area contributed by atoms with Gasteiger partial charge >= 0.3 is 18.9 Å². The average molecular weight is 159 g/mol. The van der Waals surface area contributed by atoms with Crippen LogP contribution >= 0.6 is 0 Å².